The van der Waals surface area contributed by atoms with E-state index >= 15 is 0 Å². The minimum atomic E-state index is -0.469. The number of methoxy groups -OCH3 is 1. The number of halogens is 1. The van der Waals surface area contributed by atoms with Gasteiger partial charge in [-0.05, 0) is 19.1 Å². The van der Waals surface area contributed by atoms with Gasteiger partial charge in [0.1, 0.15) is 19.3 Å². The summed E-state index contributed by atoms with van der Waals surface area (Å²) in [6.45, 7) is 2.97. The molecule has 0 saturated carbocycles. The highest BCUT2D eigenvalue weighted by Gasteiger charge is 2.20. The number of carbonyl (C=O) groups excluding carboxylic acids is 1. The van der Waals surface area contributed by atoms with E-state index in [4.69, 9.17) is 30.5 Å². The highest BCUT2D eigenvalue weighted by molar-refractivity contribution is 6.32. The fourth-order valence-electron chi connectivity index (χ4n) is 1.75. The van der Waals surface area contributed by atoms with Crippen LogP contribution in [0.3, 0.4) is 0 Å². The maximum absolute atomic E-state index is 11.9. The Morgan fingerprint density at radius 3 is 2.89 bits per heavy atom. The number of fused-ring (bicyclic) bond motifs is 1. The molecule has 1 aromatic carbocycles. The summed E-state index contributed by atoms with van der Waals surface area (Å²) in [7, 11) is 1.55. The molecule has 1 heterocycles. The van der Waals surface area contributed by atoms with Gasteiger partial charge in [0, 0.05) is 7.11 Å². The molecule has 0 amide bonds. The summed E-state index contributed by atoms with van der Waals surface area (Å²) in [6, 6.07) is 3.08. The van der Waals surface area contributed by atoms with E-state index in [0.29, 0.717) is 41.9 Å². The third-order valence-corrected chi connectivity index (χ3v) is 2.82. The molecule has 0 spiro atoms. The second-order valence-corrected chi connectivity index (χ2v) is 4.56. The highest BCUT2D eigenvalue weighted by Crippen LogP contribution is 2.38. The third-order valence-electron chi connectivity index (χ3n) is 2.54. The summed E-state index contributed by atoms with van der Waals surface area (Å²) in [4.78, 5) is 11.9. The average molecular weight is 287 g/mol. The molecule has 1 aliphatic rings. The lowest BCUT2D eigenvalue weighted by Crippen LogP contribution is -2.20. The molecule has 1 atom stereocenters. The molecule has 0 aromatic heterocycles. The van der Waals surface area contributed by atoms with E-state index in [9.17, 15) is 4.79 Å². The lowest BCUT2D eigenvalue weighted by molar-refractivity contribution is 0.0119. The van der Waals surface area contributed by atoms with Crippen LogP contribution in [0.4, 0.5) is 0 Å². The number of hydrogen-bond acceptors (Lipinski definition) is 5. The first-order valence-electron chi connectivity index (χ1n) is 5.91. The van der Waals surface area contributed by atoms with E-state index in [1.165, 1.54) is 6.07 Å². The van der Waals surface area contributed by atoms with Crippen molar-refractivity contribution in [2.24, 2.45) is 0 Å². The summed E-state index contributed by atoms with van der Waals surface area (Å²) in [6.07, 6.45) is -0.329. The Labute approximate surface area is 116 Å². The zero-order valence-corrected chi connectivity index (χ0v) is 11.5. The molecule has 2 rings (SSSR count). The van der Waals surface area contributed by atoms with Crippen molar-refractivity contribution in [2.75, 3.05) is 26.9 Å². The molecule has 104 valence electrons. The molecule has 0 aliphatic carbocycles. The van der Waals surface area contributed by atoms with Crippen LogP contribution in [0, 0.1) is 0 Å². The molecule has 19 heavy (non-hydrogen) atoms. The average Bonchev–Trinajstić information content (AvgIpc) is 2.39. The molecular weight excluding hydrogens is 272 g/mol. The van der Waals surface area contributed by atoms with Crippen molar-refractivity contribution in [1.82, 2.24) is 0 Å². The van der Waals surface area contributed by atoms with Gasteiger partial charge >= 0.3 is 5.97 Å². The monoisotopic (exact) mass is 286 g/mol. The van der Waals surface area contributed by atoms with E-state index in [2.05, 4.69) is 0 Å². The fourth-order valence-corrected chi connectivity index (χ4v) is 2.01. The minimum absolute atomic E-state index is 0.329. The van der Waals surface area contributed by atoms with E-state index in [-0.39, 0.29) is 6.10 Å². The largest absolute Gasteiger partial charge is 0.486 e. The number of ether oxygens (including phenoxy) is 4. The van der Waals surface area contributed by atoms with Gasteiger partial charge < -0.3 is 18.9 Å². The van der Waals surface area contributed by atoms with Crippen LogP contribution in [0.5, 0.6) is 11.5 Å². The second kappa shape index (κ2) is 6.12. The summed E-state index contributed by atoms with van der Waals surface area (Å²) < 4.78 is 20.9. The molecular formula is C13H15ClO5. The van der Waals surface area contributed by atoms with Crippen molar-refractivity contribution in [3.63, 3.8) is 0 Å². The smallest absolute Gasteiger partial charge is 0.338 e. The van der Waals surface area contributed by atoms with Gasteiger partial charge in [-0.25, -0.2) is 4.79 Å². The van der Waals surface area contributed by atoms with Gasteiger partial charge in [0.15, 0.2) is 11.5 Å². The van der Waals surface area contributed by atoms with Crippen LogP contribution in [0.15, 0.2) is 12.1 Å². The van der Waals surface area contributed by atoms with Crippen molar-refractivity contribution in [3.8, 4) is 11.5 Å². The fraction of sp³-hybridized carbons (Fsp3) is 0.462. The predicted octanol–water partition coefficient (Wildman–Crippen LogP) is 2.30. The molecule has 6 heteroatoms. The Hall–Kier alpha value is -1.46. The quantitative estimate of drug-likeness (QED) is 0.795. The molecule has 0 saturated heterocycles. The van der Waals surface area contributed by atoms with Gasteiger partial charge in [-0.3, -0.25) is 0 Å². The first-order chi connectivity index (χ1) is 9.11. The molecule has 5 nitrogen and oxygen atoms in total. The van der Waals surface area contributed by atoms with E-state index in [1.807, 2.05) is 0 Å². The lowest BCUT2D eigenvalue weighted by atomic mass is 10.2. The Bertz CT molecular complexity index is 474. The predicted molar refractivity (Wildman–Crippen MR) is 69.2 cm³/mol. The molecule has 1 aliphatic heterocycles. The van der Waals surface area contributed by atoms with E-state index in [1.54, 1.807) is 20.1 Å². The van der Waals surface area contributed by atoms with Crippen molar-refractivity contribution in [2.45, 2.75) is 13.0 Å². The molecule has 0 radical (unpaired) electrons. The number of carbonyl (C=O) groups is 1. The van der Waals surface area contributed by atoms with Crippen LogP contribution in [0.2, 0.25) is 5.02 Å². The van der Waals surface area contributed by atoms with Crippen molar-refractivity contribution in [3.05, 3.63) is 22.7 Å². The number of esters is 1. The van der Waals surface area contributed by atoms with Crippen molar-refractivity contribution in [1.29, 1.82) is 0 Å². The van der Waals surface area contributed by atoms with Gasteiger partial charge in [0.2, 0.25) is 0 Å². The molecule has 0 N–H and O–H groups in total. The van der Waals surface area contributed by atoms with Crippen LogP contribution >= 0.6 is 11.6 Å². The molecule has 0 fully saturated rings. The Morgan fingerprint density at radius 2 is 2.16 bits per heavy atom. The topological polar surface area (TPSA) is 54.0 Å². The van der Waals surface area contributed by atoms with Crippen LogP contribution < -0.4 is 9.47 Å². The zero-order valence-electron chi connectivity index (χ0n) is 10.8. The summed E-state index contributed by atoms with van der Waals surface area (Å²) >= 11 is 6.05. The second-order valence-electron chi connectivity index (χ2n) is 4.15. The van der Waals surface area contributed by atoms with Gasteiger partial charge in [-0.2, -0.15) is 0 Å². The van der Waals surface area contributed by atoms with E-state index < -0.39 is 5.97 Å². The normalized spacial score (nSPS) is 14.9. The molecule has 0 bridgehead atoms. The van der Waals surface area contributed by atoms with Gasteiger partial charge in [-0.1, -0.05) is 11.6 Å². The minimum Gasteiger partial charge on any atom is -0.486 e. The number of rotatable bonds is 4. The first kappa shape index (κ1) is 14.0. The van der Waals surface area contributed by atoms with Crippen LogP contribution in [0.25, 0.3) is 0 Å². The summed E-state index contributed by atoms with van der Waals surface area (Å²) in [5, 5.41) is 0.337. The third kappa shape index (κ3) is 3.30. The number of benzene rings is 1. The summed E-state index contributed by atoms with van der Waals surface area (Å²) in [5.41, 5.74) is 0.331. The molecule has 1 aromatic rings. The molecule has 0 unspecified atom stereocenters. The first-order valence-corrected chi connectivity index (χ1v) is 6.28. The lowest BCUT2D eigenvalue weighted by Gasteiger charge is -2.20. The van der Waals surface area contributed by atoms with Crippen LogP contribution in [0.1, 0.15) is 17.3 Å². The van der Waals surface area contributed by atoms with E-state index in [0.717, 1.165) is 0 Å². The van der Waals surface area contributed by atoms with Crippen LogP contribution in [-0.4, -0.2) is 39.0 Å². The van der Waals surface area contributed by atoms with Gasteiger partial charge in [0.05, 0.1) is 17.2 Å². The maximum Gasteiger partial charge on any atom is 0.338 e. The van der Waals surface area contributed by atoms with Gasteiger partial charge in [-0.15, -0.1) is 0 Å². The Morgan fingerprint density at radius 1 is 1.42 bits per heavy atom. The zero-order chi connectivity index (χ0) is 13.8. The van der Waals surface area contributed by atoms with Gasteiger partial charge in [0.25, 0.3) is 0 Å². The standard InChI is InChI=1S/C13H15ClO5/c1-8(7-16-2)19-13(15)9-5-10(14)12-11(6-9)17-3-4-18-12/h5-6,8H,3-4,7H2,1-2H3/t8-/m1/s1. The van der Waals surface area contributed by atoms with Crippen LogP contribution in [-0.2, 0) is 9.47 Å². The van der Waals surface area contributed by atoms with Crippen molar-refractivity contribution < 1.29 is 23.7 Å². The summed E-state index contributed by atoms with van der Waals surface area (Å²) in [5.74, 6) is 0.461. The van der Waals surface area contributed by atoms with Crippen molar-refractivity contribution >= 4 is 17.6 Å². The highest BCUT2D eigenvalue weighted by atomic mass is 35.5. The SMILES string of the molecule is COC[C@@H](C)OC(=O)c1cc(Cl)c2c(c1)OCCO2. The Balaban J connectivity index is 2.16. The number of hydrogen-bond donors (Lipinski definition) is 0. The maximum atomic E-state index is 11.9. The Kier molecular flexibility index (Phi) is 4.50.